The maximum Gasteiger partial charge on any atom is 0.172 e. The second kappa shape index (κ2) is 5.15. The number of para-hydroxylation sites is 2. The molecule has 0 bridgehead atoms. The van der Waals surface area contributed by atoms with E-state index in [2.05, 4.69) is 14.8 Å². The summed E-state index contributed by atoms with van der Waals surface area (Å²) in [5.74, 6) is 1.41. The number of nitrogens with zero attached hydrogens (tertiary/aromatic N) is 4. The van der Waals surface area contributed by atoms with E-state index in [4.69, 9.17) is 10.7 Å². The Kier molecular flexibility index (Phi) is 3.15. The third-order valence-corrected chi connectivity index (χ3v) is 4.71. The molecule has 2 aliphatic rings. The second-order valence-electron chi connectivity index (χ2n) is 6.05. The first-order valence-corrected chi connectivity index (χ1v) is 7.82. The zero-order chi connectivity index (χ0) is 14.2. The Morgan fingerprint density at radius 1 is 1.00 bits per heavy atom. The zero-order valence-corrected chi connectivity index (χ0v) is 12.2. The highest BCUT2D eigenvalue weighted by atomic mass is 15.3. The average Bonchev–Trinajstić information content (AvgIpc) is 2.54. The molecule has 5 nitrogen and oxygen atoms in total. The number of piperidine rings is 1. The summed E-state index contributed by atoms with van der Waals surface area (Å²) in [6.07, 6.45) is 3.97. The average molecular weight is 283 g/mol. The van der Waals surface area contributed by atoms with Gasteiger partial charge in [-0.15, -0.1) is 0 Å². The highest BCUT2D eigenvalue weighted by Crippen LogP contribution is 2.27. The second-order valence-corrected chi connectivity index (χ2v) is 6.05. The SMILES string of the molecule is Nc1nc2ccccc2nc1N1CCN2CCCCC2C1. The molecule has 110 valence electrons. The number of nitrogens with two attached hydrogens (primary N) is 1. The van der Waals surface area contributed by atoms with Crippen LogP contribution < -0.4 is 10.6 Å². The molecular formula is C16H21N5. The largest absolute Gasteiger partial charge is 0.381 e. The highest BCUT2D eigenvalue weighted by Gasteiger charge is 2.30. The predicted molar refractivity (Wildman–Crippen MR) is 85.4 cm³/mol. The van der Waals surface area contributed by atoms with E-state index in [9.17, 15) is 0 Å². The van der Waals surface area contributed by atoms with Crippen LogP contribution in [0.15, 0.2) is 24.3 Å². The summed E-state index contributed by atoms with van der Waals surface area (Å²) in [5, 5.41) is 0. The third kappa shape index (κ3) is 2.31. The summed E-state index contributed by atoms with van der Waals surface area (Å²) in [7, 11) is 0. The van der Waals surface area contributed by atoms with E-state index >= 15 is 0 Å². The smallest absolute Gasteiger partial charge is 0.172 e. The molecule has 2 aliphatic heterocycles. The topological polar surface area (TPSA) is 58.3 Å². The summed E-state index contributed by atoms with van der Waals surface area (Å²) in [6, 6.07) is 8.58. The first-order valence-electron chi connectivity index (χ1n) is 7.82. The molecule has 1 aromatic carbocycles. The van der Waals surface area contributed by atoms with Crippen molar-refractivity contribution in [2.45, 2.75) is 25.3 Å². The molecule has 21 heavy (non-hydrogen) atoms. The van der Waals surface area contributed by atoms with Crippen LogP contribution in [0.5, 0.6) is 0 Å². The number of nitrogen functional groups attached to an aromatic ring is 1. The van der Waals surface area contributed by atoms with Crippen molar-refractivity contribution < 1.29 is 0 Å². The Morgan fingerprint density at radius 2 is 1.81 bits per heavy atom. The number of hydrogen-bond acceptors (Lipinski definition) is 5. The lowest BCUT2D eigenvalue weighted by molar-refractivity contribution is 0.133. The molecule has 0 aliphatic carbocycles. The minimum Gasteiger partial charge on any atom is -0.381 e. The molecule has 1 atom stereocenters. The van der Waals surface area contributed by atoms with Gasteiger partial charge in [0, 0.05) is 25.7 Å². The normalized spacial score (nSPS) is 23.2. The molecule has 0 saturated carbocycles. The van der Waals surface area contributed by atoms with E-state index in [1.165, 1.54) is 25.8 Å². The summed E-state index contributed by atoms with van der Waals surface area (Å²) in [6.45, 7) is 4.38. The van der Waals surface area contributed by atoms with Gasteiger partial charge in [-0.05, 0) is 31.5 Å². The molecule has 1 aromatic heterocycles. The molecule has 3 heterocycles. The van der Waals surface area contributed by atoms with Crippen LogP contribution in [0, 0.1) is 0 Å². The van der Waals surface area contributed by atoms with Crippen LogP contribution in [-0.2, 0) is 0 Å². The van der Waals surface area contributed by atoms with Crippen molar-refractivity contribution in [2.75, 3.05) is 36.8 Å². The van der Waals surface area contributed by atoms with Gasteiger partial charge >= 0.3 is 0 Å². The van der Waals surface area contributed by atoms with E-state index in [1.807, 2.05) is 24.3 Å². The molecule has 0 radical (unpaired) electrons. The van der Waals surface area contributed by atoms with Crippen LogP contribution in [-0.4, -0.2) is 47.1 Å². The fourth-order valence-corrected chi connectivity index (χ4v) is 3.59. The van der Waals surface area contributed by atoms with Gasteiger partial charge in [-0.1, -0.05) is 18.6 Å². The summed E-state index contributed by atoms with van der Waals surface area (Å²) in [5.41, 5.74) is 7.95. The van der Waals surface area contributed by atoms with Crippen LogP contribution in [0.3, 0.4) is 0 Å². The lowest BCUT2D eigenvalue weighted by Crippen LogP contribution is -2.55. The van der Waals surface area contributed by atoms with Gasteiger partial charge in [-0.2, -0.15) is 0 Å². The quantitative estimate of drug-likeness (QED) is 0.866. The number of anilines is 2. The van der Waals surface area contributed by atoms with Gasteiger partial charge in [0.05, 0.1) is 11.0 Å². The Bertz CT molecular complexity index is 656. The maximum absolute atomic E-state index is 6.16. The van der Waals surface area contributed by atoms with E-state index in [1.54, 1.807) is 0 Å². The molecule has 0 spiro atoms. The van der Waals surface area contributed by atoms with Crippen molar-refractivity contribution >= 4 is 22.7 Å². The van der Waals surface area contributed by atoms with Gasteiger partial charge in [0.15, 0.2) is 11.6 Å². The molecule has 1 unspecified atom stereocenters. The number of fused-ring (bicyclic) bond motifs is 2. The lowest BCUT2D eigenvalue weighted by Gasteiger charge is -2.44. The van der Waals surface area contributed by atoms with Crippen molar-refractivity contribution in [3.63, 3.8) is 0 Å². The monoisotopic (exact) mass is 283 g/mol. The van der Waals surface area contributed by atoms with Crippen molar-refractivity contribution in [3.05, 3.63) is 24.3 Å². The number of hydrogen-bond donors (Lipinski definition) is 1. The van der Waals surface area contributed by atoms with Gasteiger partial charge < -0.3 is 10.6 Å². The Hall–Kier alpha value is -1.88. The number of aromatic nitrogens is 2. The van der Waals surface area contributed by atoms with Gasteiger partial charge in [-0.3, -0.25) is 4.90 Å². The third-order valence-electron chi connectivity index (χ3n) is 4.71. The number of piperazine rings is 1. The maximum atomic E-state index is 6.16. The van der Waals surface area contributed by atoms with Gasteiger partial charge in [0.25, 0.3) is 0 Å². The molecule has 0 amide bonds. The zero-order valence-electron chi connectivity index (χ0n) is 12.2. The van der Waals surface area contributed by atoms with Crippen molar-refractivity contribution in [1.82, 2.24) is 14.9 Å². The van der Waals surface area contributed by atoms with Crippen molar-refractivity contribution in [2.24, 2.45) is 0 Å². The minimum atomic E-state index is 0.554. The fraction of sp³-hybridized carbons (Fsp3) is 0.500. The van der Waals surface area contributed by atoms with E-state index in [0.29, 0.717) is 11.9 Å². The Labute approximate surface area is 124 Å². The summed E-state index contributed by atoms with van der Waals surface area (Å²) < 4.78 is 0. The molecule has 2 fully saturated rings. The molecular weight excluding hydrogens is 262 g/mol. The van der Waals surface area contributed by atoms with Crippen molar-refractivity contribution in [3.8, 4) is 0 Å². The van der Waals surface area contributed by atoms with Gasteiger partial charge in [-0.25, -0.2) is 9.97 Å². The Balaban J connectivity index is 1.65. The minimum absolute atomic E-state index is 0.554. The van der Waals surface area contributed by atoms with Crippen LogP contribution in [0.2, 0.25) is 0 Å². The standard InChI is InChI=1S/C16H21N5/c17-15-16(19-14-7-2-1-6-13(14)18-15)21-10-9-20-8-4-3-5-12(20)11-21/h1-2,6-7,12H,3-5,8-11H2,(H2,17,18). The van der Waals surface area contributed by atoms with Crippen molar-refractivity contribution in [1.29, 1.82) is 0 Å². The molecule has 2 saturated heterocycles. The summed E-state index contributed by atoms with van der Waals surface area (Å²) in [4.78, 5) is 14.2. The molecule has 5 heteroatoms. The van der Waals surface area contributed by atoms with Gasteiger partial charge in [0.2, 0.25) is 0 Å². The van der Waals surface area contributed by atoms with E-state index in [0.717, 1.165) is 36.5 Å². The van der Waals surface area contributed by atoms with Crippen LogP contribution in [0.25, 0.3) is 11.0 Å². The highest BCUT2D eigenvalue weighted by molar-refractivity contribution is 5.79. The summed E-state index contributed by atoms with van der Waals surface area (Å²) >= 11 is 0. The van der Waals surface area contributed by atoms with Crippen LogP contribution in [0.1, 0.15) is 19.3 Å². The van der Waals surface area contributed by atoms with E-state index in [-0.39, 0.29) is 0 Å². The number of benzene rings is 1. The molecule has 2 aromatic rings. The molecule has 2 N–H and O–H groups in total. The van der Waals surface area contributed by atoms with Gasteiger partial charge in [0.1, 0.15) is 0 Å². The predicted octanol–water partition coefficient (Wildman–Crippen LogP) is 1.89. The molecule has 4 rings (SSSR count). The first-order chi connectivity index (χ1) is 10.3. The van der Waals surface area contributed by atoms with E-state index < -0.39 is 0 Å². The fourth-order valence-electron chi connectivity index (χ4n) is 3.59. The lowest BCUT2D eigenvalue weighted by atomic mass is 9.99. The van der Waals surface area contributed by atoms with Crippen LogP contribution in [0.4, 0.5) is 11.6 Å². The van der Waals surface area contributed by atoms with Crippen LogP contribution >= 0.6 is 0 Å². The first kappa shape index (κ1) is 12.8. The number of rotatable bonds is 1. The Morgan fingerprint density at radius 3 is 2.67 bits per heavy atom.